The third-order valence-electron chi connectivity index (χ3n) is 6.80. The minimum atomic E-state index is 0.905. The van der Waals surface area contributed by atoms with Crippen LogP contribution in [0.1, 0.15) is 28.3 Å². The zero-order chi connectivity index (χ0) is 24.8. The van der Waals surface area contributed by atoms with Crippen LogP contribution in [0.4, 0.5) is 0 Å². The molecule has 0 radical (unpaired) electrons. The molecule has 2 aliphatic rings. The smallest absolute Gasteiger partial charge is 0.0737 e. The number of benzene rings is 2. The molecule has 37 heavy (non-hydrogen) atoms. The summed E-state index contributed by atoms with van der Waals surface area (Å²) in [5.74, 6) is 0. The van der Waals surface area contributed by atoms with E-state index in [2.05, 4.69) is 126 Å². The van der Waals surface area contributed by atoms with Gasteiger partial charge in [-0.1, -0.05) is 60.2 Å². The normalized spacial score (nSPS) is 12.2. The Balaban J connectivity index is 1.57. The maximum atomic E-state index is 5.00. The molecule has 3 aromatic heterocycles. The molecule has 0 saturated carbocycles. The Kier molecular flexibility index (Phi) is 4.96. The fourth-order valence-corrected chi connectivity index (χ4v) is 5.01. The summed E-state index contributed by atoms with van der Waals surface area (Å²) in [5.41, 5.74) is 13.4. The van der Waals surface area contributed by atoms with Crippen molar-refractivity contribution in [2.75, 3.05) is 0 Å². The minimum absolute atomic E-state index is 0.905. The van der Waals surface area contributed by atoms with Gasteiger partial charge in [0.1, 0.15) is 0 Å². The number of aryl methyl sites for hydroxylation is 1. The van der Waals surface area contributed by atoms with Crippen molar-refractivity contribution in [3.05, 3.63) is 119 Å². The molecule has 2 aromatic carbocycles. The van der Waals surface area contributed by atoms with Crippen molar-refractivity contribution in [1.82, 2.24) is 19.9 Å². The topological polar surface area (TPSA) is 57.4 Å². The molecular weight excluding hydrogens is 452 g/mol. The van der Waals surface area contributed by atoms with Gasteiger partial charge >= 0.3 is 0 Å². The fourth-order valence-electron chi connectivity index (χ4n) is 5.01. The lowest BCUT2D eigenvalue weighted by atomic mass is 10.0. The molecule has 0 spiro atoms. The zero-order valence-corrected chi connectivity index (χ0v) is 20.4. The number of hydrogen-bond acceptors (Lipinski definition) is 2. The van der Waals surface area contributed by atoms with Crippen LogP contribution in [0.2, 0.25) is 0 Å². The molecule has 2 aliphatic heterocycles. The Labute approximate surface area is 214 Å². The first-order valence-electron chi connectivity index (χ1n) is 12.4. The van der Waals surface area contributed by atoms with Gasteiger partial charge in [0.2, 0.25) is 0 Å². The van der Waals surface area contributed by atoms with Crippen molar-refractivity contribution in [2.24, 2.45) is 0 Å². The molecule has 5 aromatic rings. The van der Waals surface area contributed by atoms with Gasteiger partial charge < -0.3 is 9.97 Å². The van der Waals surface area contributed by atoms with Gasteiger partial charge in [0.05, 0.1) is 22.8 Å². The lowest BCUT2D eigenvalue weighted by molar-refractivity contribution is 1.27. The second-order valence-electron chi connectivity index (χ2n) is 9.44. The van der Waals surface area contributed by atoms with E-state index in [1.165, 1.54) is 5.56 Å². The van der Waals surface area contributed by atoms with Crippen LogP contribution in [0.25, 0.3) is 68.6 Å². The van der Waals surface area contributed by atoms with Crippen molar-refractivity contribution in [1.29, 1.82) is 0 Å². The van der Waals surface area contributed by atoms with E-state index in [0.29, 0.717) is 0 Å². The average molecular weight is 477 g/mol. The standard InChI is InChI=1S/C33H24N4/c1-21-7-9-23(10-8-21)33-30-17-13-26(36-30)19-24-11-15-28(34-24)32(22-5-3-2-4-6-22)29-16-12-25(35-29)20-27-14-18-31(33)37-27/h2-20,34-35H,1H3. The summed E-state index contributed by atoms with van der Waals surface area (Å²) in [6.45, 7) is 2.10. The average Bonchev–Trinajstić information content (AvgIpc) is 3.72. The van der Waals surface area contributed by atoms with E-state index in [4.69, 9.17) is 9.97 Å². The van der Waals surface area contributed by atoms with Gasteiger partial charge in [-0.3, -0.25) is 0 Å². The summed E-state index contributed by atoms with van der Waals surface area (Å²) < 4.78 is 0. The van der Waals surface area contributed by atoms with Gasteiger partial charge in [0, 0.05) is 33.2 Å². The maximum Gasteiger partial charge on any atom is 0.0737 e. The molecule has 0 fully saturated rings. The van der Waals surface area contributed by atoms with Crippen LogP contribution >= 0.6 is 0 Å². The highest BCUT2D eigenvalue weighted by molar-refractivity contribution is 5.94. The molecule has 5 heterocycles. The number of fused-ring (bicyclic) bond motifs is 8. The fraction of sp³-hybridized carbons (Fsp3) is 0.0303. The van der Waals surface area contributed by atoms with E-state index >= 15 is 0 Å². The Hall–Kier alpha value is -4.96. The van der Waals surface area contributed by atoms with E-state index in [0.717, 1.165) is 67.1 Å². The molecule has 0 unspecified atom stereocenters. The van der Waals surface area contributed by atoms with Gasteiger partial charge in [-0.2, -0.15) is 0 Å². The molecule has 0 atom stereocenters. The largest absolute Gasteiger partial charge is 0.355 e. The van der Waals surface area contributed by atoms with Crippen LogP contribution in [0.3, 0.4) is 0 Å². The Morgan fingerprint density at radius 1 is 0.514 bits per heavy atom. The van der Waals surface area contributed by atoms with Crippen LogP contribution in [0.5, 0.6) is 0 Å². The molecule has 176 valence electrons. The summed E-state index contributed by atoms with van der Waals surface area (Å²) in [6, 6.07) is 31.7. The Bertz CT molecular complexity index is 1770. The van der Waals surface area contributed by atoms with Crippen LogP contribution in [0.15, 0.2) is 91.0 Å². The van der Waals surface area contributed by atoms with Crippen LogP contribution in [0, 0.1) is 6.92 Å². The van der Waals surface area contributed by atoms with Gasteiger partial charge in [0.25, 0.3) is 0 Å². The molecule has 0 saturated heterocycles. The highest BCUT2D eigenvalue weighted by Crippen LogP contribution is 2.32. The van der Waals surface area contributed by atoms with E-state index in [9.17, 15) is 0 Å². The highest BCUT2D eigenvalue weighted by atomic mass is 14.8. The second kappa shape index (κ2) is 8.61. The van der Waals surface area contributed by atoms with E-state index < -0.39 is 0 Å². The van der Waals surface area contributed by atoms with E-state index in [1.807, 2.05) is 6.07 Å². The third kappa shape index (κ3) is 3.99. The minimum Gasteiger partial charge on any atom is -0.355 e. The van der Waals surface area contributed by atoms with Gasteiger partial charge in [-0.25, -0.2) is 9.97 Å². The summed E-state index contributed by atoms with van der Waals surface area (Å²) >= 11 is 0. The number of aromatic amines is 2. The molecule has 7 rings (SSSR count). The number of nitrogens with zero attached hydrogens (tertiary/aromatic N) is 2. The first kappa shape index (κ1) is 21.3. The first-order valence-corrected chi connectivity index (χ1v) is 12.4. The molecule has 4 heteroatoms. The lowest BCUT2D eigenvalue weighted by Crippen LogP contribution is -1.89. The highest BCUT2D eigenvalue weighted by Gasteiger charge is 2.14. The molecule has 8 bridgehead atoms. The molecule has 0 amide bonds. The van der Waals surface area contributed by atoms with E-state index in [-0.39, 0.29) is 0 Å². The number of H-pyrrole nitrogens is 2. The third-order valence-corrected chi connectivity index (χ3v) is 6.80. The predicted molar refractivity (Wildman–Crippen MR) is 154 cm³/mol. The first-order chi connectivity index (χ1) is 18.2. The Morgan fingerprint density at radius 3 is 1.62 bits per heavy atom. The monoisotopic (exact) mass is 476 g/mol. The van der Waals surface area contributed by atoms with Gasteiger partial charge in [-0.15, -0.1) is 0 Å². The summed E-state index contributed by atoms with van der Waals surface area (Å²) in [5, 5.41) is 0. The summed E-state index contributed by atoms with van der Waals surface area (Å²) in [4.78, 5) is 17.2. The number of nitrogens with one attached hydrogen (secondary N) is 2. The maximum absolute atomic E-state index is 5.00. The predicted octanol–water partition coefficient (Wildman–Crippen LogP) is 8.30. The van der Waals surface area contributed by atoms with Crippen LogP contribution < -0.4 is 0 Å². The van der Waals surface area contributed by atoms with Crippen molar-refractivity contribution >= 4 is 46.4 Å². The molecule has 2 N–H and O–H groups in total. The van der Waals surface area contributed by atoms with Gasteiger partial charge in [0.15, 0.2) is 0 Å². The summed E-state index contributed by atoms with van der Waals surface area (Å²) in [7, 11) is 0. The SMILES string of the molecule is Cc1ccc(-c2c3nc(cc4ccc([nH]4)c(-c4ccccc4)c4ccc(cc5nc2C=C5)[nH]4)C=C3)cc1. The number of rotatable bonds is 2. The summed E-state index contributed by atoms with van der Waals surface area (Å²) in [6.07, 6.45) is 8.30. The van der Waals surface area contributed by atoms with Crippen molar-refractivity contribution in [3.63, 3.8) is 0 Å². The Morgan fingerprint density at radius 2 is 1.05 bits per heavy atom. The van der Waals surface area contributed by atoms with Crippen molar-refractivity contribution < 1.29 is 0 Å². The zero-order valence-electron chi connectivity index (χ0n) is 20.4. The quantitative estimate of drug-likeness (QED) is 0.264. The van der Waals surface area contributed by atoms with Gasteiger partial charge in [-0.05, 0) is 78.8 Å². The molecular formula is C33H24N4. The van der Waals surface area contributed by atoms with E-state index in [1.54, 1.807) is 0 Å². The number of aromatic nitrogens is 4. The van der Waals surface area contributed by atoms with Crippen LogP contribution in [-0.4, -0.2) is 19.9 Å². The lowest BCUT2D eigenvalue weighted by Gasteiger charge is -2.05. The van der Waals surface area contributed by atoms with Crippen molar-refractivity contribution in [2.45, 2.75) is 6.92 Å². The van der Waals surface area contributed by atoms with Crippen LogP contribution in [-0.2, 0) is 0 Å². The second-order valence-corrected chi connectivity index (χ2v) is 9.44. The molecule has 0 aliphatic carbocycles. The number of hydrogen-bond donors (Lipinski definition) is 2. The van der Waals surface area contributed by atoms with Crippen molar-refractivity contribution in [3.8, 4) is 22.3 Å². The molecule has 4 nitrogen and oxygen atoms in total.